The molecule has 0 spiro atoms. The maximum Gasteiger partial charge on any atom is 0.0695 e. The lowest BCUT2D eigenvalue weighted by atomic mass is 9.90. The van der Waals surface area contributed by atoms with Gasteiger partial charge in [0.25, 0.3) is 0 Å². The van der Waals surface area contributed by atoms with Crippen LogP contribution < -0.4 is 0 Å². The van der Waals surface area contributed by atoms with Gasteiger partial charge in [0, 0.05) is 12.1 Å². The highest BCUT2D eigenvalue weighted by Gasteiger charge is 2.31. The lowest BCUT2D eigenvalue weighted by molar-refractivity contribution is 0.0139. The van der Waals surface area contributed by atoms with Crippen LogP contribution in [0.3, 0.4) is 0 Å². The van der Waals surface area contributed by atoms with E-state index in [-0.39, 0.29) is 6.10 Å². The van der Waals surface area contributed by atoms with Crippen molar-refractivity contribution >= 4 is 0 Å². The van der Waals surface area contributed by atoms with Crippen molar-refractivity contribution in [1.82, 2.24) is 4.90 Å². The number of aliphatic hydroxyl groups excluding tert-OH is 1. The summed E-state index contributed by atoms with van der Waals surface area (Å²) in [7, 11) is 2.22. The molecule has 0 bridgehead atoms. The molecule has 0 aliphatic heterocycles. The van der Waals surface area contributed by atoms with Crippen LogP contribution in [-0.2, 0) is 0 Å². The largest absolute Gasteiger partial charge is 0.391 e. The maximum atomic E-state index is 9.96. The van der Waals surface area contributed by atoms with Crippen molar-refractivity contribution in [3.63, 3.8) is 0 Å². The molecule has 82 valence electrons. The van der Waals surface area contributed by atoms with E-state index >= 15 is 0 Å². The molecule has 0 aromatic carbocycles. The molecule has 0 saturated heterocycles. The number of aliphatic hydroxyl groups is 1. The summed E-state index contributed by atoms with van der Waals surface area (Å²) >= 11 is 0. The Balaban J connectivity index is 1.91. The van der Waals surface area contributed by atoms with E-state index in [1.165, 1.54) is 44.9 Å². The monoisotopic (exact) mass is 197 g/mol. The van der Waals surface area contributed by atoms with E-state index in [4.69, 9.17) is 0 Å². The summed E-state index contributed by atoms with van der Waals surface area (Å²) in [4.78, 5) is 2.47. The van der Waals surface area contributed by atoms with Crippen LogP contribution in [0.5, 0.6) is 0 Å². The quantitative estimate of drug-likeness (QED) is 0.733. The van der Waals surface area contributed by atoms with Crippen molar-refractivity contribution in [3.8, 4) is 0 Å². The molecule has 0 radical (unpaired) electrons. The first kappa shape index (κ1) is 10.4. The van der Waals surface area contributed by atoms with Crippen molar-refractivity contribution in [2.45, 2.75) is 69.6 Å². The molecule has 2 rings (SSSR count). The van der Waals surface area contributed by atoms with Crippen LogP contribution >= 0.6 is 0 Å². The van der Waals surface area contributed by atoms with Gasteiger partial charge in [-0.25, -0.2) is 0 Å². The summed E-state index contributed by atoms with van der Waals surface area (Å²) in [5, 5.41) is 9.96. The highest BCUT2D eigenvalue weighted by molar-refractivity contribution is 4.86. The van der Waals surface area contributed by atoms with Gasteiger partial charge < -0.3 is 5.11 Å². The lowest BCUT2D eigenvalue weighted by Crippen LogP contribution is -2.47. The third kappa shape index (κ3) is 2.12. The molecular weight excluding hydrogens is 174 g/mol. The van der Waals surface area contributed by atoms with E-state index in [1.54, 1.807) is 0 Å². The number of rotatable bonds is 2. The van der Waals surface area contributed by atoms with Gasteiger partial charge >= 0.3 is 0 Å². The van der Waals surface area contributed by atoms with E-state index in [2.05, 4.69) is 11.9 Å². The molecule has 0 heterocycles. The Morgan fingerprint density at radius 1 is 0.929 bits per heavy atom. The molecule has 14 heavy (non-hydrogen) atoms. The summed E-state index contributed by atoms with van der Waals surface area (Å²) in [6.45, 7) is 0. The fourth-order valence-corrected chi connectivity index (χ4v) is 3.15. The highest BCUT2D eigenvalue weighted by Crippen LogP contribution is 2.29. The Bertz CT molecular complexity index is 177. The van der Waals surface area contributed by atoms with E-state index in [9.17, 15) is 5.11 Å². The van der Waals surface area contributed by atoms with Crippen molar-refractivity contribution in [1.29, 1.82) is 0 Å². The number of nitrogens with zero attached hydrogens (tertiary/aromatic N) is 1. The van der Waals surface area contributed by atoms with E-state index in [0.29, 0.717) is 6.04 Å². The zero-order valence-electron chi connectivity index (χ0n) is 9.28. The van der Waals surface area contributed by atoms with Crippen LogP contribution in [0.15, 0.2) is 0 Å². The average Bonchev–Trinajstić information content (AvgIpc) is 2.70. The van der Waals surface area contributed by atoms with Gasteiger partial charge in [-0.2, -0.15) is 0 Å². The molecule has 2 saturated carbocycles. The Hall–Kier alpha value is -0.0800. The fourth-order valence-electron chi connectivity index (χ4n) is 3.15. The normalized spacial score (nSPS) is 35.4. The minimum atomic E-state index is -0.0608. The average molecular weight is 197 g/mol. The van der Waals surface area contributed by atoms with Crippen LogP contribution in [-0.4, -0.2) is 35.2 Å². The van der Waals surface area contributed by atoms with Gasteiger partial charge in [0.05, 0.1) is 6.10 Å². The van der Waals surface area contributed by atoms with E-state index in [1.807, 2.05) is 0 Å². The lowest BCUT2D eigenvalue weighted by Gasteiger charge is -2.38. The topological polar surface area (TPSA) is 23.5 Å². The molecule has 0 aromatic heterocycles. The Morgan fingerprint density at radius 2 is 1.50 bits per heavy atom. The zero-order chi connectivity index (χ0) is 9.97. The summed E-state index contributed by atoms with van der Waals surface area (Å²) in [6.07, 6.45) is 10.1. The molecular formula is C12H23NO. The molecule has 2 heteroatoms. The van der Waals surface area contributed by atoms with Crippen molar-refractivity contribution in [3.05, 3.63) is 0 Å². The van der Waals surface area contributed by atoms with Crippen molar-refractivity contribution < 1.29 is 5.11 Å². The predicted octanol–water partition coefficient (Wildman–Crippen LogP) is 2.16. The standard InChI is InChI=1S/C12H23NO/c1-13(10-6-2-3-7-10)11-8-4-5-9-12(11)14/h10-12,14H,2-9H2,1H3/t11-,12-/m1/s1. The van der Waals surface area contributed by atoms with Gasteiger partial charge in [-0.1, -0.05) is 25.7 Å². The van der Waals surface area contributed by atoms with Gasteiger partial charge in [-0.3, -0.25) is 4.90 Å². The van der Waals surface area contributed by atoms with Gasteiger partial charge in [-0.05, 0) is 32.7 Å². The molecule has 2 aliphatic carbocycles. The van der Waals surface area contributed by atoms with Crippen LogP contribution in [0.4, 0.5) is 0 Å². The summed E-state index contributed by atoms with van der Waals surface area (Å²) in [6, 6.07) is 1.21. The van der Waals surface area contributed by atoms with E-state index < -0.39 is 0 Å². The third-order valence-corrected chi connectivity index (χ3v) is 4.12. The van der Waals surface area contributed by atoms with Gasteiger partial charge in [-0.15, -0.1) is 0 Å². The van der Waals surface area contributed by atoms with Gasteiger partial charge in [0.15, 0.2) is 0 Å². The second-order valence-electron chi connectivity index (χ2n) is 5.02. The van der Waals surface area contributed by atoms with Gasteiger partial charge in [0.2, 0.25) is 0 Å². The molecule has 2 atom stereocenters. The minimum absolute atomic E-state index is 0.0608. The number of likely N-dealkylation sites (N-methyl/N-ethyl adjacent to an activating group) is 1. The first-order valence-corrected chi connectivity index (χ1v) is 6.19. The first-order chi connectivity index (χ1) is 6.79. The van der Waals surface area contributed by atoms with Crippen LogP contribution in [0, 0.1) is 0 Å². The number of hydrogen-bond donors (Lipinski definition) is 1. The third-order valence-electron chi connectivity index (χ3n) is 4.12. The molecule has 2 fully saturated rings. The maximum absolute atomic E-state index is 9.96. The Kier molecular flexibility index (Phi) is 3.45. The Labute approximate surface area is 87.3 Å². The summed E-state index contributed by atoms with van der Waals surface area (Å²) < 4.78 is 0. The number of hydrogen-bond acceptors (Lipinski definition) is 2. The SMILES string of the molecule is CN(C1CCCC1)[C@@H]1CCCC[C@H]1O. The fraction of sp³-hybridized carbons (Fsp3) is 1.00. The molecule has 0 amide bonds. The second kappa shape index (κ2) is 4.63. The first-order valence-electron chi connectivity index (χ1n) is 6.19. The van der Waals surface area contributed by atoms with Gasteiger partial charge in [0.1, 0.15) is 0 Å². The highest BCUT2D eigenvalue weighted by atomic mass is 16.3. The molecule has 0 unspecified atom stereocenters. The summed E-state index contributed by atoms with van der Waals surface area (Å²) in [5.74, 6) is 0. The minimum Gasteiger partial charge on any atom is -0.391 e. The zero-order valence-corrected chi connectivity index (χ0v) is 9.28. The predicted molar refractivity (Wildman–Crippen MR) is 58.3 cm³/mol. The smallest absolute Gasteiger partial charge is 0.0695 e. The Morgan fingerprint density at radius 3 is 2.14 bits per heavy atom. The van der Waals surface area contributed by atoms with Crippen LogP contribution in [0.1, 0.15) is 51.4 Å². The van der Waals surface area contributed by atoms with Crippen LogP contribution in [0.2, 0.25) is 0 Å². The van der Waals surface area contributed by atoms with Crippen LogP contribution in [0.25, 0.3) is 0 Å². The molecule has 2 nitrogen and oxygen atoms in total. The molecule has 2 aliphatic rings. The van der Waals surface area contributed by atoms with E-state index in [0.717, 1.165) is 12.5 Å². The molecule has 1 N–H and O–H groups in total. The van der Waals surface area contributed by atoms with Crippen molar-refractivity contribution in [2.24, 2.45) is 0 Å². The summed E-state index contributed by atoms with van der Waals surface area (Å²) in [5.41, 5.74) is 0. The van der Waals surface area contributed by atoms with Crippen molar-refractivity contribution in [2.75, 3.05) is 7.05 Å². The molecule has 0 aromatic rings. The second-order valence-corrected chi connectivity index (χ2v) is 5.02.